The Balaban J connectivity index is 3.36. The van der Waals surface area contributed by atoms with Crippen molar-refractivity contribution >= 4 is 11.9 Å². The number of ether oxygens (including phenoxy) is 1. The number of carbonyl (C=O) groups is 2. The van der Waals surface area contributed by atoms with E-state index in [1.807, 2.05) is 6.08 Å². The van der Waals surface area contributed by atoms with Gasteiger partial charge in [-0.05, 0) is 83.5 Å². The summed E-state index contributed by atoms with van der Waals surface area (Å²) in [7, 11) is 0. The predicted octanol–water partition coefficient (Wildman–Crippen LogP) is 25.8. The highest BCUT2D eigenvalue weighted by Crippen LogP contribution is 2.19. The van der Waals surface area contributed by atoms with Gasteiger partial charge >= 0.3 is 5.97 Å². The van der Waals surface area contributed by atoms with E-state index < -0.39 is 12.1 Å². The molecule has 0 aromatic heterocycles. The first-order chi connectivity index (χ1) is 42.5. The van der Waals surface area contributed by atoms with Crippen LogP contribution in [0.5, 0.6) is 0 Å². The van der Waals surface area contributed by atoms with Crippen LogP contribution in [0.15, 0.2) is 36.5 Å². The van der Waals surface area contributed by atoms with Crippen LogP contribution in [0.2, 0.25) is 0 Å². The van der Waals surface area contributed by atoms with Gasteiger partial charge in [0.25, 0.3) is 0 Å². The zero-order valence-electron chi connectivity index (χ0n) is 58.3. The van der Waals surface area contributed by atoms with Crippen molar-refractivity contribution in [1.82, 2.24) is 5.32 Å². The van der Waals surface area contributed by atoms with Crippen molar-refractivity contribution in [1.29, 1.82) is 0 Å². The van der Waals surface area contributed by atoms with Crippen LogP contribution in [0.25, 0.3) is 0 Å². The zero-order chi connectivity index (χ0) is 62.0. The first-order valence-electron chi connectivity index (χ1n) is 39.3. The smallest absolute Gasteiger partial charge is 0.305 e. The van der Waals surface area contributed by atoms with Crippen LogP contribution >= 0.6 is 0 Å². The van der Waals surface area contributed by atoms with E-state index >= 15 is 0 Å². The number of esters is 1. The lowest BCUT2D eigenvalue weighted by Crippen LogP contribution is -2.45. The first kappa shape index (κ1) is 84.1. The van der Waals surface area contributed by atoms with Gasteiger partial charge in [-0.1, -0.05) is 378 Å². The fraction of sp³-hybridized carbons (Fsp3) is 0.900. The number of hydrogen-bond donors (Lipinski definition) is 3. The van der Waals surface area contributed by atoms with Crippen molar-refractivity contribution in [2.75, 3.05) is 13.2 Å². The summed E-state index contributed by atoms with van der Waals surface area (Å²) in [6.07, 6.45) is 98.4. The third kappa shape index (κ3) is 71.2. The standard InChI is InChI=1S/C80H153NO5/c1-3-5-7-9-11-13-15-17-19-20-38-41-45-48-52-56-60-64-68-72-78(83)77(76-82)81-79(84)73-69-65-61-57-53-49-46-42-39-36-34-32-30-28-26-24-22-21-23-25-27-29-31-33-35-37-40-43-47-51-55-59-63-67-71-75-86-80(85)74-70-66-62-58-54-50-44-18-16-14-12-10-8-6-4-2/h18,23,25,44,68,72,77-78,82-83H,3-17,19-22,24,26-43,45-67,69-71,73-76H2,1-2H3,(H,81,84)/b25-23-,44-18-,72-68+. The highest BCUT2D eigenvalue weighted by Gasteiger charge is 2.18. The number of aliphatic hydroxyl groups excluding tert-OH is 2. The molecule has 0 aliphatic rings. The monoisotopic (exact) mass is 1210 g/mol. The molecule has 0 aliphatic carbocycles. The van der Waals surface area contributed by atoms with Gasteiger partial charge in [-0.2, -0.15) is 0 Å². The van der Waals surface area contributed by atoms with E-state index in [-0.39, 0.29) is 18.5 Å². The Labute approximate surface area is 538 Å². The molecule has 0 aromatic carbocycles. The number of nitrogens with one attached hydrogen (secondary N) is 1. The van der Waals surface area contributed by atoms with Gasteiger partial charge in [-0.3, -0.25) is 9.59 Å². The van der Waals surface area contributed by atoms with Crippen LogP contribution in [0.1, 0.15) is 438 Å². The predicted molar refractivity (Wildman–Crippen MR) is 379 cm³/mol. The fourth-order valence-electron chi connectivity index (χ4n) is 12.4. The molecule has 3 N–H and O–H groups in total. The van der Waals surface area contributed by atoms with Crippen LogP contribution < -0.4 is 5.32 Å². The van der Waals surface area contributed by atoms with Crippen molar-refractivity contribution in [3.63, 3.8) is 0 Å². The topological polar surface area (TPSA) is 95.9 Å². The number of rotatable bonds is 74. The molecule has 0 saturated heterocycles. The molecule has 0 saturated carbocycles. The molecular formula is C80H153NO5. The molecule has 0 rings (SSSR count). The van der Waals surface area contributed by atoms with Crippen molar-refractivity contribution < 1.29 is 24.5 Å². The number of hydrogen-bond acceptors (Lipinski definition) is 5. The maximum atomic E-state index is 12.5. The van der Waals surface area contributed by atoms with Crippen LogP contribution in [0, 0.1) is 0 Å². The minimum Gasteiger partial charge on any atom is -0.466 e. The van der Waals surface area contributed by atoms with E-state index in [2.05, 4.69) is 43.5 Å². The van der Waals surface area contributed by atoms with Gasteiger partial charge in [0.1, 0.15) is 0 Å². The Bertz CT molecular complexity index is 1390. The Morgan fingerprint density at radius 3 is 0.826 bits per heavy atom. The van der Waals surface area contributed by atoms with Gasteiger partial charge in [0.2, 0.25) is 5.91 Å². The molecule has 0 spiro atoms. The zero-order valence-corrected chi connectivity index (χ0v) is 58.3. The molecule has 508 valence electrons. The van der Waals surface area contributed by atoms with Crippen LogP contribution in [-0.2, 0) is 14.3 Å². The highest BCUT2D eigenvalue weighted by molar-refractivity contribution is 5.76. The van der Waals surface area contributed by atoms with Gasteiger partial charge in [0, 0.05) is 12.8 Å². The average Bonchev–Trinajstić information content (AvgIpc) is 3.55. The quantitative estimate of drug-likeness (QED) is 0.0320. The minimum atomic E-state index is -0.843. The molecule has 0 fully saturated rings. The summed E-state index contributed by atoms with van der Waals surface area (Å²) in [5.41, 5.74) is 0. The number of allylic oxidation sites excluding steroid dienone is 5. The van der Waals surface area contributed by atoms with Crippen molar-refractivity contribution in [2.45, 2.75) is 450 Å². The van der Waals surface area contributed by atoms with Gasteiger partial charge in [0.05, 0.1) is 25.4 Å². The van der Waals surface area contributed by atoms with Crippen LogP contribution in [-0.4, -0.2) is 47.4 Å². The molecule has 0 heterocycles. The summed E-state index contributed by atoms with van der Waals surface area (Å²) in [5.74, 6) is -0.0478. The Morgan fingerprint density at radius 2 is 0.547 bits per heavy atom. The molecule has 86 heavy (non-hydrogen) atoms. The molecule has 0 aromatic rings. The number of amides is 1. The number of carbonyl (C=O) groups excluding carboxylic acids is 2. The lowest BCUT2D eigenvalue weighted by atomic mass is 10.0. The second-order valence-corrected chi connectivity index (χ2v) is 27.0. The molecule has 6 nitrogen and oxygen atoms in total. The maximum Gasteiger partial charge on any atom is 0.305 e. The summed E-state index contributed by atoms with van der Waals surface area (Å²) >= 11 is 0. The third-order valence-electron chi connectivity index (χ3n) is 18.4. The molecule has 1 amide bonds. The maximum absolute atomic E-state index is 12.5. The molecule has 2 atom stereocenters. The lowest BCUT2D eigenvalue weighted by molar-refractivity contribution is -0.143. The normalized spacial score (nSPS) is 12.7. The Kier molecular flexibility index (Phi) is 73.9. The van der Waals surface area contributed by atoms with Gasteiger partial charge < -0.3 is 20.3 Å². The van der Waals surface area contributed by atoms with Crippen molar-refractivity contribution in [3.8, 4) is 0 Å². The van der Waals surface area contributed by atoms with E-state index in [1.54, 1.807) is 6.08 Å². The molecular weight excluding hydrogens is 1050 g/mol. The summed E-state index contributed by atoms with van der Waals surface area (Å²) in [6, 6.07) is -0.626. The first-order valence-corrected chi connectivity index (χ1v) is 39.3. The Morgan fingerprint density at radius 1 is 0.314 bits per heavy atom. The van der Waals surface area contributed by atoms with Crippen molar-refractivity contribution in [3.05, 3.63) is 36.5 Å². The van der Waals surface area contributed by atoms with Gasteiger partial charge in [-0.25, -0.2) is 0 Å². The van der Waals surface area contributed by atoms with E-state index in [1.165, 1.54) is 366 Å². The second kappa shape index (κ2) is 75.5. The average molecular weight is 1210 g/mol. The van der Waals surface area contributed by atoms with E-state index in [0.717, 1.165) is 44.9 Å². The molecule has 6 heteroatoms. The molecule has 0 aliphatic heterocycles. The van der Waals surface area contributed by atoms with Crippen LogP contribution in [0.3, 0.4) is 0 Å². The van der Waals surface area contributed by atoms with Gasteiger partial charge in [-0.15, -0.1) is 0 Å². The van der Waals surface area contributed by atoms with Gasteiger partial charge in [0.15, 0.2) is 0 Å². The Hall–Kier alpha value is -1.92. The second-order valence-electron chi connectivity index (χ2n) is 27.0. The SMILES string of the molecule is CCCCCCCC/C=C\CCCCCCCC(=O)OCCCCCCCCCCCCCCCC/C=C\CCCCCCCCCCCCCCCCCCCC(=O)NC(CO)C(O)/C=C/CCCCCCCCCCCCCCCCCCC. The highest BCUT2D eigenvalue weighted by atomic mass is 16.5. The lowest BCUT2D eigenvalue weighted by Gasteiger charge is -2.20. The number of aliphatic hydroxyl groups is 2. The molecule has 2 unspecified atom stereocenters. The fourth-order valence-corrected chi connectivity index (χ4v) is 12.4. The van der Waals surface area contributed by atoms with E-state index in [4.69, 9.17) is 4.74 Å². The largest absolute Gasteiger partial charge is 0.466 e. The van der Waals surface area contributed by atoms with Crippen molar-refractivity contribution in [2.24, 2.45) is 0 Å². The molecule has 0 bridgehead atoms. The number of unbranched alkanes of at least 4 members (excludes halogenated alkanes) is 59. The van der Waals surface area contributed by atoms with E-state index in [9.17, 15) is 19.8 Å². The summed E-state index contributed by atoms with van der Waals surface area (Å²) in [5, 5.41) is 23.3. The third-order valence-corrected chi connectivity index (χ3v) is 18.4. The summed E-state index contributed by atoms with van der Waals surface area (Å²) < 4.78 is 5.50. The summed E-state index contributed by atoms with van der Waals surface area (Å²) in [6.45, 7) is 4.94. The van der Waals surface area contributed by atoms with Crippen LogP contribution in [0.4, 0.5) is 0 Å². The summed E-state index contributed by atoms with van der Waals surface area (Å²) in [4.78, 5) is 24.6. The molecule has 0 radical (unpaired) electrons. The van der Waals surface area contributed by atoms with E-state index in [0.29, 0.717) is 19.4 Å². The minimum absolute atomic E-state index is 0.0127.